The minimum Gasteiger partial charge on any atom is -0.356 e. The molecule has 2 aromatic heterocycles. The number of hydrogen-bond acceptors (Lipinski definition) is 5. The lowest BCUT2D eigenvalue weighted by Gasteiger charge is -2.53. The molecular formula is C23H24ClF2N5O3S. The largest absolute Gasteiger partial charge is 0.356 e. The molecule has 8 nitrogen and oxygen atoms in total. The number of aromatic nitrogens is 1. The molecule has 0 unspecified atom stereocenters. The van der Waals surface area contributed by atoms with Gasteiger partial charge in [0.1, 0.15) is 17.8 Å². The molecule has 186 valence electrons. The fraction of sp³-hybridized carbons (Fsp3) is 0.565. The molecule has 0 spiro atoms. The second-order valence-corrected chi connectivity index (χ2v) is 10.8. The molecular weight excluding hydrogens is 500 g/mol. The lowest BCUT2D eigenvalue weighted by molar-refractivity contribution is -0.179. The van der Waals surface area contributed by atoms with E-state index < -0.39 is 54.1 Å². The Bertz CT molecular complexity index is 1220. The second kappa shape index (κ2) is 9.06. The Morgan fingerprint density at radius 3 is 2.86 bits per heavy atom. The van der Waals surface area contributed by atoms with Crippen LogP contribution in [-0.2, 0) is 9.59 Å². The number of nitrogens with one attached hydrogen (secondary N) is 3. The van der Waals surface area contributed by atoms with Crippen LogP contribution >= 0.6 is 22.9 Å². The molecule has 2 aromatic rings. The number of nitriles is 1. The van der Waals surface area contributed by atoms with Crippen molar-refractivity contribution in [3.63, 3.8) is 0 Å². The fourth-order valence-corrected chi connectivity index (χ4v) is 6.83. The summed E-state index contributed by atoms with van der Waals surface area (Å²) in [6.45, 7) is 0.567. The van der Waals surface area contributed by atoms with Crippen molar-refractivity contribution in [3.05, 3.63) is 22.2 Å². The summed E-state index contributed by atoms with van der Waals surface area (Å²) in [5, 5.41) is 17.1. The monoisotopic (exact) mass is 523 g/mol. The van der Waals surface area contributed by atoms with Crippen LogP contribution in [0.3, 0.4) is 0 Å². The van der Waals surface area contributed by atoms with E-state index in [1.165, 1.54) is 16.2 Å². The van der Waals surface area contributed by atoms with E-state index in [2.05, 4.69) is 15.6 Å². The van der Waals surface area contributed by atoms with Gasteiger partial charge in [-0.05, 0) is 38.2 Å². The third-order valence-electron chi connectivity index (χ3n) is 7.37. The molecule has 2 bridgehead atoms. The van der Waals surface area contributed by atoms with Crippen LogP contribution < -0.4 is 10.6 Å². The molecule has 3 amide bonds. The number of hydrogen-bond donors (Lipinski definition) is 3. The smallest absolute Gasteiger partial charge is 0.271 e. The average Bonchev–Trinajstić information content (AvgIpc) is 3.40. The third kappa shape index (κ3) is 4.27. The first kappa shape index (κ1) is 24.0. The number of thiophene rings is 1. The molecule has 4 aliphatic rings. The van der Waals surface area contributed by atoms with Gasteiger partial charge in [-0.15, -0.1) is 11.3 Å². The molecule has 3 N–H and O–H groups in total. The standard InChI is InChI=1S/C23H24ClF2N5O3S/c24-15-10-35-17-7-16(30-18(15)17)22(34)31-13-3-4-14(23(25,26)8-13)19(31)21(33)29-12(9-27)6-11-2-1-5-28-20(11)32/h7,10-14,19,30H,1-6,8H2,(H,28,32)(H,29,33)/t11-,12+,13+,14+,19+/m0/s1. The molecule has 12 heteroatoms. The summed E-state index contributed by atoms with van der Waals surface area (Å²) < 4.78 is 30.6. The SMILES string of the molecule is N#C[C@@H](C[C@@H]1CCCNC1=O)NC(=O)[C@H]1[C@H]2CC[C@H](CC2(F)F)N1C(=O)c1cc2scc(Cl)c2[nH]1. The molecule has 1 aliphatic carbocycles. The van der Waals surface area contributed by atoms with Crippen molar-refractivity contribution in [1.29, 1.82) is 5.26 Å². The van der Waals surface area contributed by atoms with Crippen LogP contribution in [0.15, 0.2) is 11.4 Å². The molecule has 3 saturated heterocycles. The summed E-state index contributed by atoms with van der Waals surface area (Å²) in [6.07, 6.45) is 1.41. The van der Waals surface area contributed by atoms with Crippen molar-refractivity contribution >= 4 is 50.9 Å². The van der Waals surface area contributed by atoms with E-state index in [1.807, 2.05) is 6.07 Å². The minimum atomic E-state index is -3.10. The van der Waals surface area contributed by atoms with Crippen molar-refractivity contribution in [2.24, 2.45) is 11.8 Å². The van der Waals surface area contributed by atoms with Crippen molar-refractivity contribution in [1.82, 2.24) is 20.5 Å². The van der Waals surface area contributed by atoms with E-state index in [4.69, 9.17) is 11.6 Å². The zero-order valence-electron chi connectivity index (χ0n) is 18.7. The summed E-state index contributed by atoms with van der Waals surface area (Å²) in [5.41, 5.74) is 0.766. The number of fused-ring (bicyclic) bond motifs is 4. The second-order valence-electron chi connectivity index (χ2n) is 9.52. The zero-order valence-corrected chi connectivity index (χ0v) is 20.2. The lowest BCUT2D eigenvalue weighted by Crippen LogP contribution is -2.68. The van der Waals surface area contributed by atoms with E-state index in [0.717, 1.165) is 11.1 Å². The highest BCUT2D eigenvalue weighted by atomic mass is 35.5. The van der Waals surface area contributed by atoms with Gasteiger partial charge < -0.3 is 20.5 Å². The highest BCUT2D eigenvalue weighted by Crippen LogP contribution is 2.49. The molecule has 5 atom stereocenters. The predicted molar refractivity (Wildman–Crippen MR) is 125 cm³/mol. The van der Waals surface area contributed by atoms with Gasteiger partial charge in [-0.1, -0.05) is 11.6 Å². The number of rotatable bonds is 5. The maximum Gasteiger partial charge on any atom is 0.271 e. The van der Waals surface area contributed by atoms with Crippen LogP contribution in [0.4, 0.5) is 8.78 Å². The van der Waals surface area contributed by atoms with Gasteiger partial charge in [-0.2, -0.15) is 5.26 Å². The van der Waals surface area contributed by atoms with E-state index >= 15 is 0 Å². The van der Waals surface area contributed by atoms with Gasteiger partial charge in [0.05, 0.1) is 27.2 Å². The highest BCUT2D eigenvalue weighted by molar-refractivity contribution is 7.17. The van der Waals surface area contributed by atoms with Crippen LogP contribution in [0.1, 0.15) is 49.0 Å². The highest BCUT2D eigenvalue weighted by Gasteiger charge is 2.60. The summed E-state index contributed by atoms with van der Waals surface area (Å²) >= 11 is 7.50. The Hall–Kier alpha value is -2.71. The van der Waals surface area contributed by atoms with Crippen LogP contribution in [0.5, 0.6) is 0 Å². The van der Waals surface area contributed by atoms with Crippen molar-refractivity contribution in [2.75, 3.05) is 6.54 Å². The molecule has 35 heavy (non-hydrogen) atoms. The van der Waals surface area contributed by atoms with Gasteiger partial charge in [0.2, 0.25) is 11.8 Å². The summed E-state index contributed by atoms with van der Waals surface area (Å²) in [7, 11) is 0. The first-order valence-electron chi connectivity index (χ1n) is 11.6. The van der Waals surface area contributed by atoms with Crippen LogP contribution in [-0.4, -0.2) is 58.2 Å². The maximum atomic E-state index is 14.9. The Labute approximate surface area is 209 Å². The summed E-state index contributed by atoms with van der Waals surface area (Å²) in [5.74, 6) is -6.42. The van der Waals surface area contributed by atoms with Crippen molar-refractivity contribution in [3.8, 4) is 6.07 Å². The topological polar surface area (TPSA) is 118 Å². The van der Waals surface area contributed by atoms with Gasteiger partial charge in [-0.3, -0.25) is 14.4 Å². The number of piperidine rings is 3. The fourth-order valence-electron chi connectivity index (χ4n) is 5.68. The Kier molecular flexibility index (Phi) is 6.21. The lowest BCUT2D eigenvalue weighted by atomic mass is 9.71. The number of carbonyl (C=O) groups is 3. The zero-order chi connectivity index (χ0) is 24.9. The molecule has 0 aromatic carbocycles. The number of carbonyl (C=O) groups excluding carboxylic acids is 3. The van der Waals surface area contributed by atoms with Gasteiger partial charge >= 0.3 is 0 Å². The average molecular weight is 524 g/mol. The van der Waals surface area contributed by atoms with Crippen molar-refractivity contribution < 1.29 is 23.2 Å². The van der Waals surface area contributed by atoms with Gasteiger partial charge in [0.25, 0.3) is 11.8 Å². The van der Waals surface area contributed by atoms with Gasteiger partial charge in [0.15, 0.2) is 0 Å². The predicted octanol–water partition coefficient (Wildman–Crippen LogP) is 3.44. The van der Waals surface area contributed by atoms with E-state index in [9.17, 15) is 28.4 Å². The number of nitrogens with zero attached hydrogens (tertiary/aromatic N) is 2. The molecule has 3 aliphatic heterocycles. The number of aromatic amines is 1. The normalized spacial score (nSPS) is 28.4. The van der Waals surface area contributed by atoms with Crippen molar-refractivity contribution in [2.45, 2.75) is 62.6 Å². The molecule has 5 heterocycles. The molecule has 4 fully saturated rings. The Morgan fingerprint density at radius 1 is 1.37 bits per heavy atom. The van der Waals surface area contributed by atoms with E-state index in [0.29, 0.717) is 29.9 Å². The van der Waals surface area contributed by atoms with Crippen LogP contribution in [0.2, 0.25) is 5.02 Å². The molecule has 6 rings (SSSR count). The van der Waals surface area contributed by atoms with Gasteiger partial charge in [-0.25, -0.2) is 8.78 Å². The number of halogens is 3. The van der Waals surface area contributed by atoms with E-state index in [1.54, 1.807) is 11.4 Å². The van der Waals surface area contributed by atoms with Crippen LogP contribution in [0.25, 0.3) is 10.2 Å². The van der Waals surface area contributed by atoms with E-state index in [-0.39, 0.29) is 24.4 Å². The quantitative estimate of drug-likeness (QED) is 0.556. The van der Waals surface area contributed by atoms with Gasteiger partial charge in [0, 0.05) is 30.3 Å². The summed E-state index contributed by atoms with van der Waals surface area (Å²) in [6, 6.07) is 0.338. The number of alkyl halides is 2. The first-order valence-corrected chi connectivity index (χ1v) is 12.9. The summed E-state index contributed by atoms with van der Waals surface area (Å²) in [4.78, 5) is 43.2. The maximum absolute atomic E-state index is 14.9. The molecule has 0 radical (unpaired) electrons. The number of amides is 3. The number of H-pyrrole nitrogens is 1. The Balaban J connectivity index is 1.40. The first-order chi connectivity index (χ1) is 16.7. The minimum absolute atomic E-state index is 0.0879. The Morgan fingerprint density at radius 2 is 2.17 bits per heavy atom. The third-order valence-corrected chi connectivity index (χ3v) is 8.73. The molecule has 1 saturated carbocycles. The van der Waals surface area contributed by atoms with Crippen LogP contribution in [0, 0.1) is 23.2 Å².